The first-order chi connectivity index (χ1) is 14.1. The van der Waals surface area contributed by atoms with E-state index in [0.717, 1.165) is 0 Å². The standard InChI is InChI=1S/C22H16ClN3O2S/c23-17-11-5-7-13-19(17)24-20(27)14-29-22-25-18-12-6-4-10-16(18)21(28)26(22)15-8-2-1-3-9-15/h1-13H,14H2,(H,24,27). The molecule has 0 unspecified atom stereocenters. The van der Waals surface area contributed by atoms with E-state index in [1.54, 1.807) is 36.4 Å². The number of nitrogens with zero attached hydrogens (tertiary/aromatic N) is 2. The highest BCUT2D eigenvalue weighted by atomic mass is 35.5. The van der Waals surface area contributed by atoms with Crippen LogP contribution in [-0.2, 0) is 4.79 Å². The van der Waals surface area contributed by atoms with Crippen LogP contribution in [0.1, 0.15) is 0 Å². The van der Waals surface area contributed by atoms with Gasteiger partial charge >= 0.3 is 0 Å². The summed E-state index contributed by atoms with van der Waals surface area (Å²) in [7, 11) is 0. The molecule has 4 rings (SSSR count). The molecule has 0 fully saturated rings. The van der Waals surface area contributed by atoms with Crippen LogP contribution in [0, 0.1) is 0 Å². The number of hydrogen-bond donors (Lipinski definition) is 1. The van der Waals surface area contributed by atoms with Crippen LogP contribution in [0.5, 0.6) is 0 Å². The minimum absolute atomic E-state index is 0.0861. The minimum atomic E-state index is -0.231. The number of para-hydroxylation sites is 3. The van der Waals surface area contributed by atoms with Gasteiger partial charge in [-0.1, -0.05) is 65.8 Å². The van der Waals surface area contributed by atoms with Crippen LogP contribution in [0.2, 0.25) is 5.02 Å². The third kappa shape index (κ3) is 4.18. The summed E-state index contributed by atoms with van der Waals surface area (Å²) in [6.07, 6.45) is 0. The molecule has 29 heavy (non-hydrogen) atoms. The fourth-order valence-electron chi connectivity index (χ4n) is 2.89. The molecule has 0 saturated carbocycles. The summed E-state index contributed by atoms with van der Waals surface area (Å²) in [6.45, 7) is 0. The van der Waals surface area contributed by atoms with Gasteiger partial charge < -0.3 is 5.32 Å². The predicted molar refractivity (Wildman–Crippen MR) is 118 cm³/mol. The largest absolute Gasteiger partial charge is 0.324 e. The summed E-state index contributed by atoms with van der Waals surface area (Å²) in [4.78, 5) is 30.2. The molecular formula is C22H16ClN3O2S. The maximum Gasteiger partial charge on any atom is 0.266 e. The minimum Gasteiger partial charge on any atom is -0.324 e. The van der Waals surface area contributed by atoms with Crippen molar-refractivity contribution in [2.45, 2.75) is 5.16 Å². The number of fused-ring (bicyclic) bond motifs is 1. The Kier molecular flexibility index (Phi) is 5.64. The molecule has 1 heterocycles. The Morgan fingerprint density at radius 3 is 2.45 bits per heavy atom. The molecule has 0 aliphatic heterocycles. The predicted octanol–water partition coefficient (Wildman–Crippen LogP) is 4.77. The van der Waals surface area contributed by atoms with Crippen LogP contribution in [0.4, 0.5) is 5.69 Å². The molecule has 0 atom stereocenters. The zero-order chi connectivity index (χ0) is 20.2. The van der Waals surface area contributed by atoms with Crippen LogP contribution >= 0.6 is 23.4 Å². The van der Waals surface area contributed by atoms with Crippen LogP contribution < -0.4 is 10.9 Å². The van der Waals surface area contributed by atoms with Crippen molar-refractivity contribution in [3.05, 3.63) is 94.2 Å². The average Bonchev–Trinajstić information content (AvgIpc) is 2.75. The number of hydrogen-bond acceptors (Lipinski definition) is 4. The lowest BCUT2D eigenvalue weighted by atomic mass is 10.2. The van der Waals surface area contributed by atoms with Crippen LogP contribution in [0.25, 0.3) is 16.6 Å². The molecule has 0 aliphatic carbocycles. The molecule has 5 nitrogen and oxygen atoms in total. The van der Waals surface area contributed by atoms with E-state index >= 15 is 0 Å². The van der Waals surface area contributed by atoms with E-state index < -0.39 is 0 Å². The summed E-state index contributed by atoms with van der Waals surface area (Å²) >= 11 is 7.30. The second kappa shape index (κ2) is 8.51. The average molecular weight is 422 g/mol. The fraction of sp³-hybridized carbons (Fsp3) is 0.0455. The summed E-state index contributed by atoms with van der Waals surface area (Å²) in [5.41, 5.74) is 1.67. The van der Waals surface area contributed by atoms with Crippen LogP contribution in [-0.4, -0.2) is 21.2 Å². The summed E-state index contributed by atoms with van der Waals surface area (Å²) in [6, 6.07) is 23.5. The molecule has 7 heteroatoms. The summed E-state index contributed by atoms with van der Waals surface area (Å²) in [5.74, 6) is -0.145. The second-order valence-corrected chi connectivity index (χ2v) is 7.55. The highest BCUT2D eigenvalue weighted by Crippen LogP contribution is 2.23. The van der Waals surface area contributed by atoms with Gasteiger partial charge in [0.05, 0.1) is 33.1 Å². The molecule has 144 valence electrons. The van der Waals surface area contributed by atoms with Crippen LogP contribution in [0.3, 0.4) is 0 Å². The van der Waals surface area contributed by atoms with Gasteiger partial charge in [-0.25, -0.2) is 4.98 Å². The van der Waals surface area contributed by atoms with Crippen molar-refractivity contribution in [3.63, 3.8) is 0 Å². The molecule has 0 aliphatic rings. The molecule has 4 aromatic rings. The highest BCUT2D eigenvalue weighted by Gasteiger charge is 2.15. The van der Waals surface area contributed by atoms with Crippen LogP contribution in [0.15, 0.2) is 88.8 Å². The van der Waals surface area contributed by atoms with Crippen molar-refractivity contribution in [2.24, 2.45) is 0 Å². The van der Waals surface area contributed by atoms with E-state index in [-0.39, 0.29) is 17.2 Å². The Labute approximate surface area is 176 Å². The maximum absolute atomic E-state index is 13.1. The third-order valence-corrected chi connectivity index (χ3v) is 5.51. The number of thioether (sulfide) groups is 1. The van der Waals surface area contributed by atoms with Gasteiger partial charge in [-0.2, -0.15) is 0 Å². The lowest BCUT2D eigenvalue weighted by molar-refractivity contribution is -0.113. The molecule has 0 radical (unpaired) electrons. The van der Waals surface area contributed by atoms with E-state index in [0.29, 0.717) is 32.5 Å². The van der Waals surface area contributed by atoms with E-state index in [9.17, 15) is 9.59 Å². The summed E-state index contributed by atoms with van der Waals surface area (Å²) in [5, 5.41) is 4.23. The molecule has 1 N–H and O–H groups in total. The van der Waals surface area contributed by atoms with Crippen molar-refractivity contribution >= 4 is 45.9 Å². The van der Waals surface area contributed by atoms with Crippen molar-refractivity contribution < 1.29 is 4.79 Å². The molecule has 1 aromatic heterocycles. The SMILES string of the molecule is O=C(CSc1nc2ccccc2c(=O)n1-c1ccccc1)Nc1ccccc1Cl. The number of benzene rings is 3. The number of rotatable bonds is 5. The van der Waals surface area contributed by atoms with Gasteiger partial charge in [-0.05, 0) is 36.4 Å². The van der Waals surface area contributed by atoms with Gasteiger partial charge in [0, 0.05) is 0 Å². The number of amides is 1. The first-order valence-electron chi connectivity index (χ1n) is 8.88. The smallest absolute Gasteiger partial charge is 0.266 e. The zero-order valence-electron chi connectivity index (χ0n) is 15.2. The Hall–Kier alpha value is -3.09. The van der Waals surface area contributed by atoms with Gasteiger partial charge in [0.15, 0.2) is 5.16 Å². The number of aromatic nitrogens is 2. The van der Waals surface area contributed by atoms with Gasteiger partial charge in [0.1, 0.15) is 0 Å². The maximum atomic E-state index is 13.1. The van der Waals surface area contributed by atoms with Crippen molar-refractivity contribution in [1.29, 1.82) is 0 Å². The zero-order valence-corrected chi connectivity index (χ0v) is 16.8. The molecule has 0 bridgehead atoms. The lowest BCUT2D eigenvalue weighted by Crippen LogP contribution is -2.23. The normalized spacial score (nSPS) is 10.8. The van der Waals surface area contributed by atoms with Gasteiger partial charge in [-0.3, -0.25) is 14.2 Å². The number of carbonyl (C=O) groups excluding carboxylic acids is 1. The second-order valence-electron chi connectivity index (χ2n) is 6.20. The van der Waals surface area contributed by atoms with Crippen molar-refractivity contribution in [2.75, 3.05) is 11.1 Å². The first kappa shape index (κ1) is 19.2. The number of anilines is 1. The third-order valence-electron chi connectivity index (χ3n) is 4.24. The topological polar surface area (TPSA) is 64.0 Å². The molecular weight excluding hydrogens is 406 g/mol. The number of nitrogens with one attached hydrogen (secondary N) is 1. The Bertz CT molecular complexity index is 1240. The molecule has 1 amide bonds. The quantitative estimate of drug-likeness (QED) is 0.372. The van der Waals surface area contributed by atoms with E-state index in [2.05, 4.69) is 10.3 Å². The Morgan fingerprint density at radius 2 is 1.66 bits per heavy atom. The van der Waals surface area contributed by atoms with E-state index in [4.69, 9.17) is 11.6 Å². The number of carbonyl (C=O) groups is 1. The summed E-state index contributed by atoms with van der Waals surface area (Å²) < 4.78 is 1.54. The van der Waals surface area contributed by atoms with E-state index in [1.165, 1.54) is 16.3 Å². The highest BCUT2D eigenvalue weighted by molar-refractivity contribution is 7.99. The fourth-order valence-corrected chi connectivity index (χ4v) is 3.89. The molecule has 3 aromatic carbocycles. The van der Waals surface area contributed by atoms with Crippen molar-refractivity contribution in [1.82, 2.24) is 9.55 Å². The van der Waals surface area contributed by atoms with Gasteiger partial charge in [-0.15, -0.1) is 0 Å². The van der Waals surface area contributed by atoms with Crippen molar-refractivity contribution in [3.8, 4) is 5.69 Å². The first-order valence-corrected chi connectivity index (χ1v) is 10.2. The number of halogens is 1. The van der Waals surface area contributed by atoms with Gasteiger partial charge in [0.2, 0.25) is 5.91 Å². The molecule has 0 saturated heterocycles. The Morgan fingerprint density at radius 1 is 0.966 bits per heavy atom. The Balaban J connectivity index is 1.67. The monoisotopic (exact) mass is 421 g/mol. The van der Waals surface area contributed by atoms with E-state index in [1.807, 2.05) is 42.5 Å². The van der Waals surface area contributed by atoms with Gasteiger partial charge in [0.25, 0.3) is 5.56 Å². The molecule has 0 spiro atoms. The lowest BCUT2D eigenvalue weighted by Gasteiger charge is -2.13.